The predicted molar refractivity (Wildman–Crippen MR) is 75.2 cm³/mol. The summed E-state index contributed by atoms with van der Waals surface area (Å²) in [5.41, 5.74) is 5.92. The average Bonchev–Trinajstić information content (AvgIpc) is 2.38. The van der Waals surface area contributed by atoms with Crippen molar-refractivity contribution in [3.8, 4) is 0 Å². The van der Waals surface area contributed by atoms with E-state index in [1.165, 1.54) is 0 Å². The first-order valence-corrected chi connectivity index (χ1v) is 6.71. The van der Waals surface area contributed by atoms with E-state index in [0.29, 0.717) is 11.4 Å². The van der Waals surface area contributed by atoms with Crippen LogP contribution in [0.25, 0.3) is 0 Å². The molecular formula is C14H20ClNO3. The molecule has 5 heteroatoms. The van der Waals surface area contributed by atoms with Crippen molar-refractivity contribution in [2.45, 2.75) is 38.4 Å². The second-order valence-electron chi connectivity index (χ2n) is 4.30. The van der Waals surface area contributed by atoms with E-state index in [-0.39, 0.29) is 0 Å². The van der Waals surface area contributed by atoms with Crippen molar-refractivity contribution in [2.75, 3.05) is 7.11 Å². The van der Waals surface area contributed by atoms with E-state index >= 15 is 0 Å². The topological polar surface area (TPSA) is 61.5 Å². The summed E-state index contributed by atoms with van der Waals surface area (Å²) in [4.78, 5) is 11.0. The van der Waals surface area contributed by atoms with E-state index in [9.17, 15) is 4.79 Å². The van der Waals surface area contributed by atoms with Crippen LogP contribution in [0.4, 0.5) is 4.79 Å². The van der Waals surface area contributed by atoms with Gasteiger partial charge in [-0.25, -0.2) is 4.79 Å². The van der Waals surface area contributed by atoms with Gasteiger partial charge in [-0.05, 0) is 18.9 Å². The van der Waals surface area contributed by atoms with Crippen molar-refractivity contribution < 1.29 is 14.3 Å². The quantitative estimate of drug-likeness (QED) is 0.831. The molecule has 2 N–H and O–H groups in total. The van der Waals surface area contributed by atoms with Crippen LogP contribution in [0, 0.1) is 0 Å². The van der Waals surface area contributed by atoms with E-state index in [1.54, 1.807) is 13.2 Å². The highest BCUT2D eigenvalue weighted by molar-refractivity contribution is 6.31. The first kappa shape index (κ1) is 15.8. The Hall–Kier alpha value is -1.26. The lowest BCUT2D eigenvalue weighted by Crippen LogP contribution is -2.29. The summed E-state index contributed by atoms with van der Waals surface area (Å²) in [7, 11) is 1.57. The van der Waals surface area contributed by atoms with Gasteiger partial charge in [0.2, 0.25) is 0 Å². The molecule has 106 valence electrons. The Morgan fingerprint density at radius 1 is 1.42 bits per heavy atom. The molecule has 0 spiro atoms. The zero-order valence-corrected chi connectivity index (χ0v) is 12.0. The maximum atomic E-state index is 11.0. The summed E-state index contributed by atoms with van der Waals surface area (Å²) < 4.78 is 10.6. The lowest BCUT2D eigenvalue weighted by Gasteiger charge is -2.26. The minimum Gasteiger partial charge on any atom is -0.443 e. The van der Waals surface area contributed by atoms with E-state index in [2.05, 4.69) is 6.92 Å². The molecule has 0 radical (unpaired) electrons. The predicted octanol–water partition coefficient (Wildman–Crippen LogP) is 3.68. The van der Waals surface area contributed by atoms with Gasteiger partial charge in [-0.2, -0.15) is 0 Å². The van der Waals surface area contributed by atoms with Gasteiger partial charge in [-0.1, -0.05) is 43.1 Å². The fourth-order valence-corrected chi connectivity index (χ4v) is 2.25. The number of carbonyl (C=O) groups is 1. The minimum atomic E-state index is -0.796. The largest absolute Gasteiger partial charge is 0.443 e. The molecule has 0 aliphatic rings. The van der Waals surface area contributed by atoms with Crippen LogP contribution in [0.15, 0.2) is 24.3 Å². The number of carbonyl (C=O) groups excluding carboxylic acids is 1. The van der Waals surface area contributed by atoms with Gasteiger partial charge in [0.1, 0.15) is 12.2 Å². The number of benzene rings is 1. The minimum absolute atomic E-state index is 0.409. The van der Waals surface area contributed by atoms with Gasteiger partial charge in [0.25, 0.3) is 0 Å². The lowest BCUT2D eigenvalue weighted by atomic mass is 10.00. The molecule has 19 heavy (non-hydrogen) atoms. The maximum Gasteiger partial charge on any atom is 0.404 e. The highest BCUT2D eigenvalue weighted by atomic mass is 35.5. The molecule has 0 aliphatic carbocycles. The zero-order chi connectivity index (χ0) is 14.3. The highest BCUT2D eigenvalue weighted by Crippen LogP contribution is 2.31. The first-order chi connectivity index (χ1) is 9.10. The smallest absolute Gasteiger partial charge is 0.404 e. The van der Waals surface area contributed by atoms with Gasteiger partial charge in [0, 0.05) is 17.7 Å². The normalized spacial score (nSPS) is 13.8. The Bertz CT molecular complexity index is 411. The fraction of sp³-hybridized carbons (Fsp3) is 0.500. The summed E-state index contributed by atoms with van der Waals surface area (Å²) in [5, 5.41) is 0.587. The van der Waals surface area contributed by atoms with E-state index < -0.39 is 18.3 Å². The number of unbranched alkanes of at least 4 members (excludes halogenated alkanes) is 1. The van der Waals surface area contributed by atoms with Crippen molar-refractivity contribution in [1.29, 1.82) is 0 Å². The number of amides is 1. The highest BCUT2D eigenvalue weighted by Gasteiger charge is 2.27. The summed E-state index contributed by atoms with van der Waals surface area (Å²) in [6, 6.07) is 7.35. The Labute approximate surface area is 118 Å². The van der Waals surface area contributed by atoms with Crippen LogP contribution in [0.5, 0.6) is 0 Å². The molecule has 1 aromatic carbocycles. The molecule has 2 atom stereocenters. The third-order valence-electron chi connectivity index (χ3n) is 2.91. The SMILES string of the molecule is CCCC[C@@H](OC(N)=O)[C@H](OC)c1ccccc1Cl. The Morgan fingerprint density at radius 2 is 2.11 bits per heavy atom. The number of primary amides is 1. The standard InChI is InChI=1S/C14H20ClNO3/c1-3-4-9-12(19-14(16)17)13(18-2)10-7-5-6-8-11(10)15/h5-8,12-13H,3-4,9H2,1-2H3,(H2,16,17)/t12-,13-/m1/s1. The number of halogens is 1. The Balaban J connectivity index is 2.94. The van der Waals surface area contributed by atoms with Gasteiger partial charge < -0.3 is 15.2 Å². The number of hydrogen-bond donors (Lipinski definition) is 1. The van der Waals surface area contributed by atoms with E-state index in [1.807, 2.05) is 18.2 Å². The monoisotopic (exact) mass is 285 g/mol. The van der Waals surface area contributed by atoms with Crippen LogP contribution >= 0.6 is 11.6 Å². The Morgan fingerprint density at radius 3 is 2.63 bits per heavy atom. The van der Waals surface area contributed by atoms with Gasteiger partial charge in [-0.3, -0.25) is 0 Å². The number of ether oxygens (including phenoxy) is 2. The van der Waals surface area contributed by atoms with Crippen LogP contribution in [0.2, 0.25) is 5.02 Å². The van der Waals surface area contributed by atoms with E-state index in [4.69, 9.17) is 26.8 Å². The summed E-state index contributed by atoms with van der Waals surface area (Å²) in [6.07, 6.45) is 0.966. The fourth-order valence-electron chi connectivity index (χ4n) is 2.01. The number of methoxy groups -OCH3 is 1. The molecule has 1 aromatic rings. The molecule has 0 heterocycles. The number of hydrogen-bond acceptors (Lipinski definition) is 3. The molecule has 0 unspecified atom stereocenters. The van der Waals surface area contributed by atoms with Crippen molar-refractivity contribution >= 4 is 17.7 Å². The molecule has 4 nitrogen and oxygen atoms in total. The molecular weight excluding hydrogens is 266 g/mol. The van der Waals surface area contributed by atoms with Crippen molar-refractivity contribution in [2.24, 2.45) is 5.73 Å². The lowest BCUT2D eigenvalue weighted by molar-refractivity contribution is -0.0256. The molecule has 1 amide bonds. The molecule has 0 aliphatic heterocycles. The second-order valence-corrected chi connectivity index (χ2v) is 4.70. The van der Waals surface area contributed by atoms with E-state index in [0.717, 1.165) is 18.4 Å². The van der Waals surface area contributed by atoms with Gasteiger partial charge >= 0.3 is 6.09 Å². The van der Waals surface area contributed by atoms with Gasteiger partial charge in [0.15, 0.2) is 0 Å². The third kappa shape index (κ3) is 4.73. The molecule has 1 rings (SSSR count). The van der Waals surface area contributed by atoms with Gasteiger partial charge in [0.05, 0.1) is 0 Å². The molecule has 0 aromatic heterocycles. The molecule has 0 bridgehead atoms. The average molecular weight is 286 g/mol. The van der Waals surface area contributed by atoms with Crippen molar-refractivity contribution in [1.82, 2.24) is 0 Å². The van der Waals surface area contributed by atoms with Crippen LogP contribution in [-0.2, 0) is 9.47 Å². The molecule has 0 saturated heterocycles. The Kier molecular flexibility index (Phi) is 6.67. The second kappa shape index (κ2) is 8.02. The van der Waals surface area contributed by atoms with Crippen LogP contribution < -0.4 is 5.73 Å². The molecule has 0 fully saturated rings. The number of rotatable bonds is 7. The molecule has 0 saturated carbocycles. The summed E-state index contributed by atoms with van der Waals surface area (Å²) >= 11 is 6.16. The van der Waals surface area contributed by atoms with Crippen LogP contribution in [-0.4, -0.2) is 19.3 Å². The van der Waals surface area contributed by atoms with Crippen molar-refractivity contribution in [3.63, 3.8) is 0 Å². The summed E-state index contributed by atoms with van der Waals surface area (Å²) in [5.74, 6) is 0. The van der Waals surface area contributed by atoms with Crippen LogP contribution in [0.3, 0.4) is 0 Å². The number of nitrogens with two attached hydrogens (primary N) is 1. The van der Waals surface area contributed by atoms with Crippen LogP contribution in [0.1, 0.15) is 37.9 Å². The zero-order valence-electron chi connectivity index (χ0n) is 11.3. The van der Waals surface area contributed by atoms with Crippen molar-refractivity contribution in [3.05, 3.63) is 34.9 Å². The first-order valence-electron chi connectivity index (χ1n) is 6.33. The summed E-state index contributed by atoms with van der Waals surface area (Å²) in [6.45, 7) is 2.07. The van der Waals surface area contributed by atoms with Gasteiger partial charge in [-0.15, -0.1) is 0 Å². The third-order valence-corrected chi connectivity index (χ3v) is 3.26. The maximum absolute atomic E-state index is 11.0.